The molecule has 1 atom stereocenters. The van der Waals surface area contributed by atoms with Gasteiger partial charge in [0.25, 0.3) is 0 Å². The number of aromatic nitrogens is 1. The second-order valence-electron chi connectivity index (χ2n) is 9.65. The zero-order valence-electron chi connectivity index (χ0n) is 22.7. The quantitative estimate of drug-likeness (QED) is 0.311. The average molecular weight is 503 g/mol. The van der Waals surface area contributed by atoms with Gasteiger partial charge in [-0.05, 0) is 37.3 Å². The van der Waals surface area contributed by atoms with Crippen molar-refractivity contribution in [2.45, 2.75) is 60.4 Å². The summed E-state index contributed by atoms with van der Waals surface area (Å²) >= 11 is 0. The molecule has 0 saturated carbocycles. The Morgan fingerprint density at radius 3 is 2.47 bits per heavy atom. The Hall–Kier alpha value is -3.00. The molecule has 0 saturated heterocycles. The molecule has 1 aromatic rings. The lowest BCUT2D eigenvalue weighted by Gasteiger charge is -2.35. The van der Waals surface area contributed by atoms with Crippen LogP contribution in [-0.2, 0) is 14.2 Å². The normalized spacial score (nSPS) is 17.1. The summed E-state index contributed by atoms with van der Waals surface area (Å²) in [6.45, 7) is 12.6. The van der Waals surface area contributed by atoms with Crippen molar-refractivity contribution in [2.75, 3.05) is 34.0 Å². The van der Waals surface area contributed by atoms with Crippen molar-refractivity contribution in [3.8, 4) is 0 Å². The Morgan fingerprint density at radius 2 is 1.92 bits per heavy atom. The van der Waals surface area contributed by atoms with Crippen LogP contribution in [0.3, 0.4) is 0 Å². The topological polar surface area (TPSA) is 79.1 Å². The number of hydrogen-bond donors (Lipinski definition) is 0. The standard InChI is InChI=1S/C28H39FN2O5/c1-9-22(28(4,5)6)31-17-20(27(33)35-10-2)26(32)23(29)25(31)18(3)19-13-11-14-21(24(19)30-7)36-16-12-15-34-8/h11,13-14,17,22H,9-10,12,15-16H2,1-8H3/b19-18+,30-24?. The highest BCUT2D eigenvalue weighted by molar-refractivity contribution is 6.18. The van der Waals surface area contributed by atoms with Crippen molar-refractivity contribution in [3.63, 3.8) is 0 Å². The van der Waals surface area contributed by atoms with E-state index in [4.69, 9.17) is 14.2 Å². The van der Waals surface area contributed by atoms with Crippen molar-refractivity contribution in [3.05, 3.63) is 63.1 Å². The van der Waals surface area contributed by atoms with Gasteiger partial charge in [-0.1, -0.05) is 39.8 Å². The van der Waals surface area contributed by atoms with Gasteiger partial charge >= 0.3 is 5.97 Å². The summed E-state index contributed by atoms with van der Waals surface area (Å²) in [5.41, 5.74) is 0.253. The van der Waals surface area contributed by atoms with Crippen LogP contribution in [0.5, 0.6) is 0 Å². The number of allylic oxidation sites excluding steroid dienone is 5. The summed E-state index contributed by atoms with van der Waals surface area (Å²) < 4.78 is 33.7. The molecule has 198 valence electrons. The number of nitrogens with zero attached hydrogens (tertiary/aromatic N) is 2. The first kappa shape index (κ1) is 29.2. The van der Waals surface area contributed by atoms with Gasteiger partial charge in [0, 0.05) is 45.0 Å². The molecule has 1 aliphatic rings. The van der Waals surface area contributed by atoms with Crippen LogP contribution < -0.4 is 5.43 Å². The second kappa shape index (κ2) is 12.8. The Labute approximate surface area is 213 Å². The van der Waals surface area contributed by atoms with Crippen LogP contribution in [0.1, 0.15) is 76.5 Å². The lowest BCUT2D eigenvalue weighted by Crippen LogP contribution is -2.32. The third-order valence-electron chi connectivity index (χ3n) is 6.13. The third-order valence-corrected chi connectivity index (χ3v) is 6.13. The van der Waals surface area contributed by atoms with E-state index in [1.165, 1.54) is 6.20 Å². The number of halogens is 1. The van der Waals surface area contributed by atoms with Gasteiger partial charge in [-0.3, -0.25) is 9.79 Å². The minimum absolute atomic E-state index is 0.0851. The summed E-state index contributed by atoms with van der Waals surface area (Å²) in [6, 6.07) is -0.207. The van der Waals surface area contributed by atoms with Crippen molar-refractivity contribution in [1.29, 1.82) is 0 Å². The SMILES string of the molecule is CCOC(=O)c1cn(C(CC)C(C)(C)C)c(/C(C)=C2\C=CC=C(OCCCOC)C2=NC)c(F)c1=O. The zero-order chi connectivity index (χ0) is 27.0. The largest absolute Gasteiger partial charge is 0.491 e. The van der Waals surface area contributed by atoms with Crippen LogP contribution in [0.2, 0.25) is 0 Å². The number of carbonyl (C=O) groups excluding carboxylic acids is 1. The van der Waals surface area contributed by atoms with E-state index in [1.54, 1.807) is 32.6 Å². The Balaban J connectivity index is 2.77. The van der Waals surface area contributed by atoms with Crippen molar-refractivity contribution >= 4 is 17.3 Å². The van der Waals surface area contributed by atoms with Crippen LogP contribution >= 0.6 is 0 Å². The molecule has 0 amide bonds. The Morgan fingerprint density at radius 1 is 1.22 bits per heavy atom. The zero-order valence-corrected chi connectivity index (χ0v) is 22.7. The molecule has 2 rings (SSSR count). The molecule has 1 heterocycles. The molecular formula is C28H39FN2O5. The molecule has 7 nitrogen and oxygen atoms in total. The van der Waals surface area contributed by atoms with Crippen LogP contribution in [-0.4, -0.2) is 50.2 Å². The molecule has 0 radical (unpaired) electrons. The third kappa shape index (κ3) is 6.40. The molecule has 1 aromatic heterocycles. The van der Waals surface area contributed by atoms with E-state index in [0.29, 0.717) is 48.7 Å². The maximum absolute atomic E-state index is 15.9. The van der Waals surface area contributed by atoms with Gasteiger partial charge in [0.2, 0.25) is 5.43 Å². The molecule has 0 bridgehead atoms. The van der Waals surface area contributed by atoms with Gasteiger partial charge in [0.15, 0.2) is 5.82 Å². The van der Waals surface area contributed by atoms with Gasteiger partial charge < -0.3 is 18.8 Å². The summed E-state index contributed by atoms with van der Waals surface area (Å²) in [5, 5.41) is 0. The molecule has 0 spiro atoms. The monoisotopic (exact) mass is 502 g/mol. The first-order valence-corrected chi connectivity index (χ1v) is 12.3. The van der Waals surface area contributed by atoms with Crippen LogP contribution in [0.25, 0.3) is 5.57 Å². The lowest BCUT2D eigenvalue weighted by molar-refractivity contribution is 0.0522. The molecule has 0 fully saturated rings. The van der Waals surface area contributed by atoms with E-state index in [-0.39, 0.29) is 29.3 Å². The average Bonchev–Trinajstić information content (AvgIpc) is 2.83. The van der Waals surface area contributed by atoms with E-state index in [9.17, 15) is 9.59 Å². The van der Waals surface area contributed by atoms with Crippen LogP contribution in [0.4, 0.5) is 4.39 Å². The number of carbonyl (C=O) groups is 1. The van der Waals surface area contributed by atoms with Crippen molar-refractivity contribution in [2.24, 2.45) is 10.4 Å². The number of aliphatic imine (C=N–C) groups is 1. The van der Waals surface area contributed by atoms with E-state index in [2.05, 4.69) is 4.99 Å². The molecule has 36 heavy (non-hydrogen) atoms. The molecule has 0 aromatic carbocycles. The Kier molecular flexibility index (Phi) is 10.4. The Bertz CT molecular complexity index is 1140. The van der Waals surface area contributed by atoms with Gasteiger partial charge in [-0.2, -0.15) is 0 Å². The van der Waals surface area contributed by atoms with E-state index in [0.717, 1.165) is 0 Å². The van der Waals surface area contributed by atoms with E-state index in [1.807, 2.05) is 45.9 Å². The fourth-order valence-corrected chi connectivity index (χ4v) is 4.47. The minimum atomic E-state index is -0.991. The van der Waals surface area contributed by atoms with Gasteiger partial charge in [-0.25, -0.2) is 9.18 Å². The van der Waals surface area contributed by atoms with Gasteiger partial charge in [-0.15, -0.1) is 0 Å². The van der Waals surface area contributed by atoms with E-state index < -0.39 is 17.2 Å². The maximum Gasteiger partial charge on any atom is 0.343 e. The summed E-state index contributed by atoms with van der Waals surface area (Å²) in [7, 11) is 3.28. The van der Waals surface area contributed by atoms with Crippen molar-refractivity contribution < 1.29 is 23.4 Å². The summed E-state index contributed by atoms with van der Waals surface area (Å²) in [4.78, 5) is 30.0. The fourth-order valence-electron chi connectivity index (χ4n) is 4.47. The number of hydrogen-bond acceptors (Lipinski definition) is 6. The maximum atomic E-state index is 15.9. The highest BCUT2D eigenvalue weighted by atomic mass is 19.1. The fraction of sp³-hybridized carbons (Fsp3) is 0.536. The minimum Gasteiger partial charge on any atom is -0.491 e. The number of pyridine rings is 1. The summed E-state index contributed by atoms with van der Waals surface area (Å²) in [5.74, 6) is -1.26. The van der Waals surface area contributed by atoms with Crippen LogP contribution in [0.15, 0.2) is 45.5 Å². The predicted molar refractivity (Wildman–Crippen MR) is 141 cm³/mol. The second-order valence-corrected chi connectivity index (χ2v) is 9.65. The lowest BCUT2D eigenvalue weighted by atomic mass is 9.84. The highest BCUT2D eigenvalue weighted by Gasteiger charge is 2.32. The molecule has 8 heteroatoms. The van der Waals surface area contributed by atoms with E-state index >= 15 is 4.39 Å². The van der Waals surface area contributed by atoms with Gasteiger partial charge in [0.05, 0.1) is 18.9 Å². The number of rotatable bonds is 10. The highest BCUT2D eigenvalue weighted by Crippen LogP contribution is 2.37. The predicted octanol–water partition coefficient (Wildman–Crippen LogP) is 5.51. The first-order valence-electron chi connectivity index (χ1n) is 12.3. The van der Waals surface area contributed by atoms with Gasteiger partial charge in [0.1, 0.15) is 17.0 Å². The number of ether oxygens (including phenoxy) is 3. The van der Waals surface area contributed by atoms with Crippen molar-refractivity contribution in [1.82, 2.24) is 4.57 Å². The van der Waals surface area contributed by atoms with Crippen LogP contribution in [0, 0.1) is 11.2 Å². The molecule has 0 aliphatic heterocycles. The smallest absolute Gasteiger partial charge is 0.343 e. The number of esters is 1. The molecule has 0 N–H and O–H groups in total. The molecular weight excluding hydrogens is 463 g/mol. The first-order chi connectivity index (χ1) is 17.0. The number of methoxy groups -OCH3 is 1. The molecule has 1 aliphatic carbocycles. The summed E-state index contributed by atoms with van der Waals surface area (Å²) in [6.07, 6.45) is 8.25. The molecule has 1 unspecified atom stereocenters.